The van der Waals surface area contributed by atoms with Gasteiger partial charge >= 0.3 is 0 Å². The second kappa shape index (κ2) is 5.32. The second-order valence-corrected chi connectivity index (χ2v) is 5.20. The summed E-state index contributed by atoms with van der Waals surface area (Å²) >= 11 is 0. The second-order valence-electron chi connectivity index (χ2n) is 5.20. The average molecular weight is 277 g/mol. The van der Waals surface area contributed by atoms with Crippen molar-refractivity contribution in [1.29, 1.82) is 0 Å². The summed E-state index contributed by atoms with van der Waals surface area (Å²) in [7, 11) is 0. The lowest BCUT2D eigenvalue weighted by Gasteiger charge is -2.28. The number of hydrogen-bond donors (Lipinski definition) is 2. The highest BCUT2D eigenvalue weighted by molar-refractivity contribution is 6.02. The fourth-order valence-corrected chi connectivity index (χ4v) is 2.97. The highest BCUT2D eigenvalue weighted by Crippen LogP contribution is 2.47. The van der Waals surface area contributed by atoms with Gasteiger partial charge < -0.3 is 20.3 Å². The zero-order valence-corrected chi connectivity index (χ0v) is 11.4. The lowest BCUT2D eigenvalue weighted by atomic mass is 9.89. The lowest BCUT2D eigenvalue weighted by Crippen LogP contribution is -2.20. The standard InChI is InChI=1S/C15H19NO4/c16-6-5-11(17)12-9-3-1-8-20-15(9)13(18)10-4-2-7-19-14(10)12/h18H,1-8,16H2. The molecule has 0 aliphatic carbocycles. The summed E-state index contributed by atoms with van der Waals surface area (Å²) in [4.78, 5) is 12.4. The van der Waals surface area contributed by atoms with E-state index in [9.17, 15) is 9.90 Å². The first-order valence-electron chi connectivity index (χ1n) is 7.13. The molecule has 2 aliphatic heterocycles. The summed E-state index contributed by atoms with van der Waals surface area (Å²) in [5, 5.41) is 10.4. The minimum absolute atomic E-state index is 0.0209. The van der Waals surface area contributed by atoms with Crippen LogP contribution in [0, 0.1) is 0 Å². The third-order valence-electron chi connectivity index (χ3n) is 3.86. The number of hydrogen-bond acceptors (Lipinski definition) is 5. The molecule has 0 radical (unpaired) electrons. The zero-order valence-electron chi connectivity index (χ0n) is 11.4. The fraction of sp³-hybridized carbons (Fsp3) is 0.533. The Morgan fingerprint density at radius 1 is 1.10 bits per heavy atom. The number of carbonyl (C=O) groups excluding carboxylic acids is 1. The van der Waals surface area contributed by atoms with Crippen molar-refractivity contribution in [3.05, 3.63) is 16.7 Å². The van der Waals surface area contributed by atoms with Crippen molar-refractivity contribution in [1.82, 2.24) is 0 Å². The highest BCUT2D eigenvalue weighted by atomic mass is 16.5. The molecule has 0 amide bonds. The van der Waals surface area contributed by atoms with Gasteiger partial charge in [-0.3, -0.25) is 4.79 Å². The number of phenols is 1. The van der Waals surface area contributed by atoms with Crippen molar-refractivity contribution in [2.75, 3.05) is 19.8 Å². The lowest BCUT2D eigenvalue weighted by molar-refractivity contribution is 0.0977. The van der Waals surface area contributed by atoms with E-state index < -0.39 is 0 Å². The van der Waals surface area contributed by atoms with E-state index in [2.05, 4.69) is 0 Å². The predicted molar refractivity (Wildman–Crippen MR) is 73.7 cm³/mol. The van der Waals surface area contributed by atoms with E-state index in [1.807, 2.05) is 0 Å². The smallest absolute Gasteiger partial charge is 0.168 e. The number of Topliss-reactive ketones (excluding diaryl/α,β-unsaturated/α-hetero) is 1. The Balaban J connectivity index is 2.21. The normalized spacial score (nSPS) is 16.6. The molecule has 0 aromatic heterocycles. The van der Waals surface area contributed by atoms with Crippen LogP contribution in [0.1, 0.15) is 40.7 Å². The fourth-order valence-electron chi connectivity index (χ4n) is 2.97. The van der Waals surface area contributed by atoms with Crippen molar-refractivity contribution in [3.63, 3.8) is 0 Å². The van der Waals surface area contributed by atoms with Gasteiger partial charge in [-0.2, -0.15) is 0 Å². The molecule has 0 spiro atoms. The molecule has 0 unspecified atom stereocenters. The van der Waals surface area contributed by atoms with Crippen molar-refractivity contribution < 1.29 is 19.4 Å². The quantitative estimate of drug-likeness (QED) is 0.820. The maximum Gasteiger partial charge on any atom is 0.168 e. The Labute approximate surface area is 117 Å². The van der Waals surface area contributed by atoms with Gasteiger partial charge in [-0.15, -0.1) is 0 Å². The summed E-state index contributed by atoms with van der Waals surface area (Å²) in [5.74, 6) is 1.16. The van der Waals surface area contributed by atoms with Crippen LogP contribution in [0.2, 0.25) is 0 Å². The van der Waals surface area contributed by atoms with Crippen molar-refractivity contribution in [2.24, 2.45) is 5.73 Å². The average Bonchev–Trinajstić information content (AvgIpc) is 2.48. The van der Waals surface area contributed by atoms with Crippen LogP contribution in [0.4, 0.5) is 0 Å². The third-order valence-corrected chi connectivity index (χ3v) is 3.86. The van der Waals surface area contributed by atoms with Crippen LogP contribution in [0.25, 0.3) is 0 Å². The minimum atomic E-state index is -0.0209. The molecule has 3 N–H and O–H groups in total. The molecule has 3 rings (SSSR count). The van der Waals surface area contributed by atoms with E-state index in [0.29, 0.717) is 48.8 Å². The van der Waals surface area contributed by atoms with Gasteiger partial charge in [-0.25, -0.2) is 0 Å². The van der Waals surface area contributed by atoms with Crippen LogP contribution < -0.4 is 15.2 Å². The van der Waals surface area contributed by atoms with Gasteiger partial charge in [-0.05, 0) is 32.2 Å². The molecule has 2 heterocycles. The first-order valence-corrected chi connectivity index (χ1v) is 7.13. The molecule has 0 saturated carbocycles. The van der Waals surface area contributed by atoms with Crippen LogP contribution in [0.3, 0.4) is 0 Å². The van der Waals surface area contributed by atoms with E-state index in [4.69, 9.17) is 15.2 Å². The van der Waals surface area contributed by atoms with E-state index >= 15 is 0 Å². The van der Waals surface area contributed by atoms with Crippen LogP contribution >= 0.6 is 0 Å². The van der Waals surface area contributed by atoms with Gasteiger partial charge in [-0.1, -0.05) is 0 Å². The molecular formula is C15H19NO4. The van der Waals surface area contributed by atoms with Gasteiger partial charge in [0.15, 0.2) is 17.3 Å². The molecule has 0 saturated heterocycles. The molecule has 20 heavy (non-hydrogen) atoms. The number of phenolic OH excluding ortho intramolecular Hbond substituents is 1. The number of rotatable bonds is 3. The number of carbonyl (C=O) groups is 1. The van der Waals surface area contributed by atoms with Crippen LogP contribution in [0.15, 0.2) is 0 Å². The SMILES string of the molecule is NCCC(=O)c1c2c(c(O)c3c1OCCC3)OCCC2. The molecule has 1 aromatic carbocycles. The van der Waals surface area contributed by atoms with Gasteiger partial charge in [0.05, 0.1) is 18.8 Å². The monoisotopic (exact) mass is 277 g/mol. The van der Waals surface area contributed by atoms with Crippen molar-refractivity contribution in [2.45, 2.75) is 32.1 Å². The molecular weight excluding hydrogens is 258 g/mol. The number of benzene rings is 1. The Bertz CT molecular complexity index is 516. The first kappa shape index (κ1) is 13.2. The predicted octanol–water partition coefficient (Wildman–Crippen LogP) is 1.57. The largest absolute Gasteiger partial charge is 0.504 e. The number of ether oxygens (including phenoxy) is 2. The first-order chi connectivity index (χ1) is 9.74. The molecule has 5 heteroatoms. The Morgan fingerprint density at radius 3 is 2.45 bits per heavy atom. The van der Waals surface area contributed by atoms with Gasteiger partial charge in [0.2, 0.25) is 0 Å². The molecule has 0 fully saturated rings. The molecule has 108 valence electrons. The number of ketones is 1. The summed E-state index contributed by atoms with van der Waals surface area (Å²) in [6, 6.07) is 0. The molecule has 0 bridgehead atoms. The van der Waals surface area contributed by atoms with E-state index in [1.165, 1.54) is 0 Å². The maximum absolute atomic E-state index is 12.4. The number of fused-ring (bicyclic) bond motifs is 2. The molecule has 1 aromatic rings. The van der Waals surface area contributed by atoms with Crippen molar-refractivity contribution in [3.8, 4) is 17.2 Å². The third kappa shape index (κ3) is 2.02. The Hall–Kier alpha value is -1.75. The highest BCUT2D eigenvalue weighted by Gasteiger charge is 2.31. The Morgan fingerprint density at radius 2 is 1.75 bits per heavy atom. The Kier molecular flexibility index (Phi) is 3.53. The zero-order chi connectivity index (χ0) is 14.1. The van der Waals surface area contributed by atoms with Crippen LogP contribution in [0.5, 0.6) is 17.2 Å². The van der Waals surface area contributed by atoms with Crippen molar-refractivity contribution >= 4 is 5.78 Å². The molecule has 0 atom stereocenters. The van der Waals surface area contributed by atoms with E-state index in [0.717, 1.165) is 24.8 Å². The van der Waals surface area contributed by atoms with E-state index in [1.54, 1.807) is 0 Å². The van der Waals surface area contributed by atoms with Crippen LogP contribution in [-0.2, 0) is 12.8 Å². The van der Waals surface area contributed by atoms with Crippen LogP contribution in [-0.4, -0.2) is 30.6 Å². The summed E-state index contributed by atoms with van der Waals surface area (Å²) in [6.07, 6.45) is 3.40. The summed E-state index contributed by atoms with van der Waals surface area (Å²) < 4.78 is 11.3. The minimum Gasteiger partial charge on any atom is -0.504 e. The molecule has 2 aliphatic rings. The van der Waals surface area contributed by atoms with Gasteiger partial charge in [0.25, 0.3) is 0 Å². The number of nitrogens with two attached hydrogens (primary N) is 1. The summed E-state index contributed by atoms with van der Waals surface area (Å²) in [6.45, 7) is 1.46. The van der Waals surface area contributed by atoms with Gasteiger partial charge in [0.1, 0.15) is 5.75 Å². The molecule has 5 nitrogen and oxygen atoms in total. The maximum atomic E-state index is 12.4. The summed E-state index contributed by atoms with van der Waals surface area (Å²) in [5.41, 5.74) is 7.58. The topological polar surface area (TPSA) is 81.8 Å². The van der Waals surface area contributed by atoms with E-state index in [-0.39, 0.29) is 18.0 Å². The number of aromatic hydroxyl groups is 1. The van der Waals surface area contributed by atoms with Gasteiger partial charge in [0, 0.05) is 17.5 Å².